The molecule has 0 aliphatic carbocycles. The zero-order valence-electron chi connectivity index (χ0n) is 16.5. The first-order valence-electron chi connectivity index (χ1n) is 9.70. The van der Waals surface area contributed by atoms with Gasteiger partial charge >= 0.3 is 0 Å². The molecule has 0 saturated carbocycles. The number of carbonyl (C=O) groups excluding carboxylic acids is 1. The summed E-state index contributed by atoms with van der Waals surface area (Å²) in [6.45, 7) is 3.07. The molecule has 1 aromatic heterocycles. The van der Waals surface area contributed by atoms with Crippen LogP contribution in [0.25, 0.3) is 16.6 Å². The Morgan fingerprint density at radius 1 is 1.16 bits per heavy atom. The standard InChI is InChI=1S/C23H19FN4O2S/c24-18-3-1-16(2-4-18)23-27-20(15-31-23)13-17(14-25)22(29)26-19-5-7-21(8-6-19)28-9-11-30-12-10-28/h1-8,13,15H,9-12H2,(H,26,29)/b17-13+. The summed E-state index contributed by atoms with van der Waals surface area (Å²) in [5.41, 5.74) is 2.89. The number of anilines is 2. The fourth-order valence-corrected chi connectivity index (χ4v) is 3.93. The lowest BCUT2D eigenvalue weighted by molar-refractivity contribution is -0.112. The van der Waals surface area contributed by atoms with Crippen LogP contribution in [-0.2, 0) is 9.53 Å². The number of morpholine rings is 1. The van der Waals surface area contributed by atoms with Crippen LogP contribution >= 0.6 is 11.3 Å². The van der Waals surface area contributed by atoms with Gasteiger partial charge in [0.05, 0.1) is 18.9 Å². The molecule has 1 aliphatic rings. The first-order chi connectivity index (χ1) is 15.1. The molecule has 8 heteroatoms. The lowest BCUT2D eigenvalue weighted by atomic mass is 10.2. The Kier molecular flexibility index (Phi) is 6.36. The van der Waals surface area contributed by atoms with Crippen LogP contribution in [0, 0.1) is 17.1 Å². The van der Waals surface area contributed by atoms with Gasteiger partial charge in [-0.05, 0) is 54.6 Å². The van der Waals surface area contributed by atoms with Gasteiger partial charge in [-0.15, -0.1) is 11.3 Å². The molecule has 0 spiro atoms. The quantitative estimate of drug-likeness (QED) is 0.478. The molecule has 0 unspecified atom stereocenters. The minimum absolute atomic E-state index is 0.0480. The molecular weight excluding hydrogens is 415 g/mol. The van der Waals surface area contributed by atoms with Crippen LogP contribution in [0.2, 0.25) is 0 Å². The van der Waals surface area contributed by atoms with Crippen molar-refractivity contribution < 1.29 is 13.9 Å². The van der Waals surface area contributed by atoms with E-state index < -0.39 is 5.91 Å². The maximum Gasteiger partial charge on any atom is 0.266 e. The maximum absolute atomic E-state index is 13.1. The molecule has 0 atom stereocenters. The largest absolute Gasteiger partial charge is 0.378 e. The first-order valence-corrected chi connectivity index (χ1v) is 10.6. The molecule has 1 aliphatic heterocycles. The summed E-state index contributed by atoms with van der Waals surface area (Å²) in [4.78, 5) is 19.2. The minimum atomic E-state index is -0.502. The lowest BCUT2D eigenvalue weighted by Crippen LogP contribution is -2.36. The molecule has 0 radical (unpaired) electrons. The SMILES string of the molecule is N#C/C(=C\c1csc(-c2ccc(F)cc2)n1)C(=O)Nc1ccc(N2CCOCC2)cc1. The van der Waals surface area contributed by atoms with Crippen molar-refractivity contribution in [1.29, 1.82) is 5.26 Å². The van der Waals surface area contributed by atoms with E-state index in [-0.39, 0.29) is 11.4 Å². The number of carbonyl (C=O) groups is 1. The van der Waals surface area contributed by atoms with Gasteiger partial charge in [0.2, 0.25) is 0 Å². The fraction of sp³-hybridized carbons (Fsp3) is 0.174. The lowest BCUT2D eigenvalue weighted by Gasteiger charge is -2.28. The van der Waals surface area contributed by atoms with E-state index in [1.165, 1.54) is 29.5 Å². The van der Waals surface area contributed by atoms with E-state index in [9.17, 15) is 14.4 Å². The topological polar surface area (TPSA) is 78.2 Å². The third-order valence-electron chi connectivity index (χ3n) is 4.77. The Morgan fingerprint density at radius 2 is 1.87 bits per heavy atom. The normalized spacial score (nSPS) is 14.2. The second-order valence-corrected chi connectivity index (χ2v) is 7.71. The number of aromatic nitrogens is 1. The predicted molar refractivity (Wildman–Crippen MR) is 119 cm³/mol. The number of amides is 1. The second kappa shape index (κ2) is 9.51. The summed E-state index contributed by atoms with van der Waals surface area (Å²) < 4.78 is 18.5. The van der Waals surface area contributed by atoms with E-state index in [1.807, 2.05) is 30.3 Å². The number of nitrogens with one attached hydrogen (secondary N) is 1. The number of hydrogen-bond donors (Lipinski definition) is 1. The minimum Gasteiger partial charge on any atom is -0.378 e. The molecule has 1 fully saturated rings. The monoisotopic (exact) mass is 434 g/mol. The Hall–Kier alpha value is -3.54. The molecule has 1 amide bonds. The zero-order valence-corrected chi connectivity index (χ0v) is 17.4. The second-order valence-electron chi connectivity index (χ2n) is 6.85. The van der Waals surface area contributed by atoms with Gasteiger partial charge in [0.25, 0.3) is 5.91 Å². The fourth-order valence-electron chi connectivity index (χ4n) is 3.15. The maximum atomic E-state index is 13.1. The predicted octanol–water partition coefficient (Wildman–Crippen LogP) is 4.33. The molecule has 31 heavy (non-hydrogen) atoms. The molecular formula is C23H19FN4O2S. The highest BCUT2D eigenvalue weighted by atomic mass is 32.1. The third-order valence-corrected chi connectivity index (χ3v) is 5.68. The Labute approximate surface area is 183 Å². The Bertz CT molecular complexity index is 1130. The van der Waals surface area contributed by atoms with Crippen LogP contribution in [0.15, 0.2) is 59.5 Å². The van der Waals surface area contributed by atoms with Gasteiger partial charge in [0.15, 0.2) is 0 Å². The Balaban J connectivity index is 1.44. The number of thiazole rings is 1. The summed E-state index contributed by atoms with van der Waals surface area (Å²) in [5.74, 6) is -0.820. The molecule has 1 saturated heterocycles. The van der Waals surface area contributed by atoms with Crippen molar-refractivity contribution in [1.82, 2.24) is 4.98 Å². The number of ether oxygens (including phenoxy) is 1. The van der Waals surface area contributed by atoms with Crippen molar-refractivity contribution in [2.75, 3.05) is 36.5 Å². The van der Waals surface area contributed by atoms with Gasteiger partial charge in [-0.3, -0.25) is 4.79 Å². The average molecular weight is 434 g/mol. The molecule has 2 aromatic carbocycles. The van der Waals surface area contributed by atoms with Crippen LogP contribution in [0.5, 0.6) is 0 Å². The third kappa shape index (κ3) is 5.15. The zero-order chi connectivity index (χ0) is 21.6. The number of nitriles is 1. The molecule has 3 aromatic rings. The van der Waals surface area contributed by atoms with Gasteiger partial charge in [0, 0.05) is 35.4 Å². The van der Waals surface area contributed by atoms with E-state index in [4.69, 9.17) is 4.74 Å². The van der Waals surface area contributed by atoms with Crippen LogP contribution in [0.3, 0.4) is 0 Å². The number of nitrogens with zero attached hydrogens (tertiary/aromatic N) is 3. The van der Waals surface area contributed by atoms with E-state index in [0.29, 0.717) is 29.6 Å². The molecule has 0 bridgehead atoms. The molecule has 6 nitrogen and oxygen atoms in total. The van der Waals surface area contributed by atoms with E-state index >= 15 is 0 Å². The summed E-state index contributed by atoms with van der Waals surface area (Å²) in [5, 5.41) is 14.6. The van der Waals surface area contributed by atoms with Crippen molar-refractivity contribution in [3.63, 3.8) is 0 Å². The molecule has 156 valence electrons. The van der Waals surface area contributed by atoms with Crippen LogP contribution in [0.1, 0.15) is 5.69 Å². The van der Waals surface area contributed by atoms with Gasteiger partial charge in [-0.25, -0.2) is 9.37 Å². The van der Waals surface area contributed by atoms with E-state index in [0.717, 1.165) is 24.3 Å². The average Bonchev–Trinajstić information content (AvgIpc) is 3.27. The van der Waals surface area contributed by atoms with E-state index in [2.05, 4.69) is 15.2 Å². The number of benzene rings is 2. The number of rotatable bonds is 5. The molecule has 4 rings (SSSR count). The smallest absolute Gasteiger partial charge is 0.266 e. The summed E-state index contributed by atoms with van der Waals surface area (Å²) in [6, 6.07) is 15.4. The van der Waals surface area contributed by atoms with E-state index in [1.54, 1.807) is 17.5 Å². The molecule has 1 N–H and O–H groups in total. The summed E-state index contributed by atoms with van der Waals surface area (Å²) in [6.07, 6.45) is 1.45. The highest BCUT2D eigenvalue weighted by molar-refractivity contribution is 7.13. The van der Waals surface area contributed by atoms with Gasteiger partial charge < -0.3 is 15.0 Å². The Morgan fingerprint density at radius 3 is 2.55 bits per heavy atom. The first kappa shape index (κ1) is 20.7. The molecule has 2 heterocycles. The van der Waals surface area contributed by atoms with Crippen molar-refractivity contribution in [3.8, 4) is 16.6 Å². The van der Waals surface area contributed by atoms with Crippen molar-refractivity contribution in [3.05, 3.63) is 71.0 Å². The van der Waals surface area contributed by atoms with Gasteiger partial charge in [-0.1, -0.05) is 0 Å². The summed E-state index contributed by atoms with van der Waals surface area (Å²) in [7, 11) is 0. The van der Waals surface area contributed by atoms with Crippen LogP contribution in [0.4, 0.5) is 15.8 Å². The van der Waals surface area contributed by atoms with Gasteiger partial charge in [-0.2, -0.15) is 5.26 Å². The van der Waals surface area contributed by atoms with Crippen molar-refractivity contribution in [2.45, 2.75) is 0 Å². The number of hydrogen-bond acceptors (Lipinski definition) is 6. The highest BCUT2D eigenvalue weighted by Gasteiger charge is 2.13. The van der Waals surface area contributed by atoms with Crippen molar-refractivity contribution >= 4 is 34.7 Å². The van der Waals surface area contributed by atoms with Crippen LogP contribution in [-0.4, -0.2) is 37.2 Å². The highest BCUT2D eigenvalue weighted by Crippen LogP contribution is 2.25. The van der Waals surface area contributed by atoms with Crippen molar-refractivity contribution in [2.24, 2.45) is 0 Å². The number of halogens is 1. The van der Waals surface area contributed by atoms with Gasteiger partial charge in [0.1, 0.15) is 22.5 Å². The van der Waals surface area contributed by atoms with Crippen LogP contribution < -0.4 is 10.2 Å². The summed E-state index contributed by atoms with van der Waals surface area (Å²) >= 11 is 1.36.